The highest BCUT2D eigenvalue weighted by Gasteiger charge is 2.19. The number of aromatic nitrogens is 1. The molecule has 0 saturated heterocycles. The number of hydrogen-bond acceptors (Lipinski definition) is 5. The fraction of sp³-hybridized carbons (Fsp3) is 0.615. The molecule has 112 valence electrons. The summed E-state index contributed by atoms with van der Waals surface area (Å²) in [6, 6.07) is -0.974. The second kappa shape index (κ2) is 7.96. The summed E-state index contributed by atoms with van der Waals surface area (Å²) in [5.41, 5.74) is 0. The standard InChI is InChI=1S/C13H22N4O2S/c1-5-10-7-15-12(20-10)9(4)16-8(3)11(18)17-13(19)14-6-2/h7-9,16H,5-6H2,1-4H3,(H2,14,17,18,19). The molecule has 2 unspecified atom stereocenters. The van der Waals surface area contributed by atoms with E-state index in [1.807, 2.05) is 13.1 Å². The van der Waals surface area contributed by atoms with Crippen molar-refractivity contribution in [1.82, 2.24) is 20.9 Å². The maximum atomic E-state index is 11.8. The monoisotopic (exact) mass is 298 g/mol. The van der Waals surface area contributed by atoms with Crippen LogP contribution < -0.4 is 16.0 Å². The van der Waals surface area contributed by atoms with Gasteiger partial charge >= 0.3 is 6.03 Å². The molecular weight excluding hydrogens is 276 g/mol. The van der Waals surface area contributed by atoms with E-state index < -0.39 is 12.1 Å². The molecule has 1 aromatic rings. The number of urea groups is 1. The van der Waals surface area contributed by atoms with E-state index >= 15 is 0 Å². The average Bonchev–Trinajstić information content (AvgIpc) is 2.87. The van der Waals surface area contributed by atoms with Gasteiger partial charge in [-0.2, -0.15) is 0 Å². The molecule has 0 aliphatic heterocycles. The minimum absolute atomic E-state index is 0.0321. The van der Waals surface area contributed by atoms with Crippen LogP contribution in [0.25, 0.3) is 0 Å². The van der Waals surface area contributed by atoms with Crippen LogP contribution in [0, 0.1) is 0 Å². The van der Waals surface area contributed by atoms with Crippen molar-refractivity contribution in [1.29, 1.82) is 0 Å². The smallest absolute Gasteiger partial charge is 0.321 e. The highest BCUT2D eigenvalue weighted by Crippen LogP contribution is 2.20. The van der Waals surface area contributed by atoms with Crippen LogP contribution >= 0.6 is 11.3 Å². The summed E-state index contributed by atoms with van der Waals surface area (Å²) in [7, 11) is 0. The highest BCUT2D eigenvalue weighted by atomic mass is 32.1. The topological polar surface area (TPSA) is 83.1 Å². The first-order chi connectivity index (χ1) is 9.47. The first-order valence-corrected chi connectivity index (χ1v) is 7.58. The van der Waals surface area contributed by atoms with E-state index in [2.05, 4.69) is 27.9 Å². The predicted molar refractivity (Wildman–Crippen MR) is 79.7 cm³/mol. The van der Waals surface area contributed by atoms with Crippen molar-refractivity contribution in [3.8, 4) is 0 Å². The maximum Gasteiger partial charge on any atom is 0.321 e. The van der Waals surface area contributed by atoms with E-state index in [9.17, 15) is 9.59 Å². The van der Waals surface area contributed by atoms with Crippen molar-refractivity contribution in [3.63, 3.8) is 0 Å². The van der Waals surface area contributed by atoms with Gasteiger partial charge in [0, 0.05) is 17.6 Å². The third kappa shape index (κ3) is 4.90. The van der Waals surface area contributed by atoms with E-state index in [0.29, 0.717) is 6.54 Å². The van der Waals surface area contributed by atoms with Gasteiger partial charge in [0.05, 0.1) is 12.1 Å². The number of imide groups is 1. The zero-order valence-corrected chi connectivity index (χ0v) is 13.1. The van der Waals surface area contributed by atoms with E-state index in [0.717, 1.165) is 11.4 Å². The Morgan fingerprint density at radius 2 is 2.05 bits per heavy atom. The summed E-state index contributed by atoms with van der Waals surface area (Å²) in [6.45, 7) is 8.03. The van der Waals surface area contributed by atoms with E-state index in [-0.39, 0.29) is 11.9 Å². The van der Waals surface area contributed by atoms with Crippen LogP contribution in [0.3, 0.4) is 0 Å². The van der Waals surface area contributed by atoms with Gasteiger partial charge in [-0.25, -0.2) is 9.78 Å². The lowest BCUT2D eigenvalue weighted by Gasteiger charge is -2.17. The van der Waals surface area contributed by atoms with Crippen LogP contribution in [-0.4, -0.2) is 29.5 Å². The average molecular weight is 298 g/mol. The molecule has 0 aliphatic rings. The quantitative estimate of drug-likeness (QED) is 0.745. The summed E-state index contributed by atoms with van der Waals surface area (Å²) < 4.78 is 0. The SMILES string of the molecule is CCNC(=O)NC(=O)C(C)NC(C)c1ncc(CC)s1. The predicted octanol–water partition coefficient (Wildman–Crippen LogP) is 1.59. The zero-order valence-electron chi connectivity index (χ0n) is 12.3. The van der Waals surface area contributed by atoms with Crippen molar-refractivity contribution in [2.24, 2.45) is 0 Å². The Morgan fingerprint density at radius 1 is 1.35 bits per heavy atom. The fourth-order valence-corrected chi connectivity index (χ4v) is 2.50. The Morgan fingerprint density at radius 3 is 2.60 bits per heavy atom. The molecule has 0 saturated carbocycles. The Hall–Kier alpha value is -1.47. The molecule has 0 radical (unpaired) electrons. The number of hydrogen-bond donors (Lipinski definition) is 3. The van der Waals surface area contributed by atoms with Crippen molar-refractivity contribution >= 4 is 23.3 Å². The first kappa shape index (κ1) is 16.6. The highest BCUT2D eigenvalue weighted by molar-refractivity contribution is 7.11. The lowest BCUT2D eigenvalue weighted by molar-refractivity contribution is -0.121. The molecule has 6 nitrogen and oxygen atoms in total. The largest absolute Gasteiger partial charge is 0.338 e. The molecule has 3 N–H and O–H groups in total. The summed E-state index contributed by atoms with van der Waals surface area (Å²) in [5, 5.41) is 8.88. The molecular formula is C13H22N4O2S. The van der Waals surface area contributed by atoms with Gasteiger partial charge in [-0.3, -0.25) is 15.4 Å². The Labute approximate surface area is 123 Å². The lowest BCUT2D eigenvalue weighted by Crippen LogP contribution is -2.48. The molecule has 0 aliphatic carbocycles. The van der Waals surface area contributed by atoms with Gasteiger partial charge in [-0.1, -0.05) is 6.92 Å². The molecule has 0 fully saturated rings. The summed E-state index contributed by atoms with van der Waals surface area (Å²) in [4.78, 5) is 28.6. The third-order valence-electron chi connectivity index (χ3n) is 2.76. The molecule has 0 spiro atoms. The van der Waals surface area contributed by atoms with E-state index in [1.54, 1.807) is 25.2 Å². The number of nitrogens with one attached hydrogen (secondary N) is 3. The molecule has 7 heteroatoms. The van der Waals surface area contributed by atoms with Crippen LogP contribution in [-0.2, 0) is 11.2 Å². The van der Waals surface area contributed by atoms with Gasteiger partial charge in [0.25, 0.3) is 0 Å². The normalized spacial score (nSPS) is 13.6. The number of thiazole rings is 1. The van der Waals surface area contributed by atoms with E-state index in [1.165, 1.54) is 4.88 Å². The Bertz CT molecular complexity index is 461. The molecule has 3 amide bonds. The second-order valence-electron chi connectivity index (χ2n) is 4.48. The molecule has 1 rings (SSSR count). The van der Waals surface area contributed by atoms with Gasteiger partial charge in [-0.15, -0.1) is 11.3 Å². The molecule has 1 aromatic heterocycles. The number of nitrogens with zero attached hydrogens (tertiary/aromatic N) is 1. The Kier molecular flexibility index (Phi) is 6.60. The first-order valence-electron chi connectivity index (χ1n) is 6.77. The van der Waals surface area contributed by atoms with E-state index in [4.69, 9.17) is 0 Å². The lowest BCUT2D eigenvalue weighted by atomic mass is 10.2. The van der Waals surface area contributed by atoms with Crippen LogP contribution in [0.15, 0.2) is 6.20 Å². The molecule has 2 atom stereocenters. The van der Waals surface area contributed by atoms with Crippen LogP contribution in [0.5, 0.6) is 0 Å². The summed E-state index contributed by atoms with van der Waals surface area (Å²) >= 11 is 1.63. The Balaban J connectivity index is 2.50. The van der Waals surface area contributed by atoms with Gasteiger partial charge in [0.1, 0.15) is 5.01 Å². The van der Waals surface area contributed by atoms with Crippen LogP contribution in [0.2, 0.25) is 0 Å². The van der Waals surface area contributed by atoms with Gasteiger partial charge in [0.15, 0.2) is 0 Å². The number of carbonyl (C=O) groups is 2. The molecule has 1 heterocycles. The second-order valence-corrected chi connectivity index (χ2v) is 5.62. The maximum absolute atomic E-state index is 11.8. The van der Waals surface area contributed by atoms with Gasteiger partial charge < -0.3 is 5.32 Å². The van der Waals surface area contributed by atoms with Gasteiger partial charge in [-0.05, 0) is 27.2 Å². The van der Waals surface area contributed by atoms with Gasteiger partial charge in [0.2, 0.25) is 5.91 Å². The summed E-state index contributed by atoms with van der Waals surface area (Å²) in [6.07, 6.45) is 2.81. The number of aryl methyl sites for hydroxylation is 1. The van der Waals surface area contributed by atoms with Crippen molar-refractivity contribution in [3.05, 3.63) is 16.1 Å². The third-order valence-corrected chi connectivity index (χ3v) is 4.08. The number of carbonyl (C=O) groups excluding carboxylic acids is 2. The van der Waals surface area contributed by atoms with Crippen LogP contribution in [0.4, 0.5) is 4.79 Å². The number of rotatable bonds is 6. The van der Waals surface area contributed by atoms with Crippen molar-refractivity contribution < 1.29 is 9.59 Å². The molecule has 0 bridgehead atoms. The molecule has 20 heavy (non-hydrogen) atoms. The summed E-state index contributed by atoms with van der Waals surface area (Å²) in [5.74, 6) is -0.352. The fourth-order valence-electron chi connectivity index (χ4n) is 1.63. The number of amides is 3. The van der Waals surface area contributed by atoms with Crippen molar-refractivity contribution in [2.45, 2.75) is 46.2 Å². The minimum Gasteiger partial charge on any atom is -0.338 e. The zero-order chi connectivity index (χ0) is 15.1. The minimum atomic E-state index is -0.471. The van der Waals surface area contributed by atoms with Crippen LogP contribution in [0.1, 0.15) is 43.6 Å². The van der Waals surface area contributed by atoms with Crippen molar-refractivity contribution in [2.75, 3.05) is 6.54 Å². The molecule has 0 aromatic carbocycles.